The molecular weight excluding hydrogens is 288 g/mol. The molecule has 21 heavy (non-hydrogen) atoms. The zero-order valence-electron chi connectivity index (χ0n) is 10.9. The summed E-state index contributed by atoms with van der Waals surface area (Å²) in [6.45, 7) is 0. The number of nitrogens with zero attached hydrogens (tertiary/aromatic N) is 2. The molecule has 0 aliphatic rings. The van der Waals surface area contributed by atoms with E-state index in [1.807, 2.05) is 24.3 Å². The van der Waals surface area contributed by atoms with Gasteiger partial charge in [0.05, 0.1) is 4.90 Å². The van der Waals surface area contributed by atoms with E-state index in [0.29, 0.717) is 0 Å². The second-order valence-corrected chi connectivity index (χ2v) is 5.99. The minimum Gasteiger partial charge on any atom is -0.276 e. The molecule has 6 nitrogen and oxygen atoms in total. The first-order chi connectivity index (χ1) is 10.1. The van der Waals surface area contributed by atoms with E-state index < -0.39 is 10.0 Å². The maximum absolute atomic E-state index is 12.2. The Labute approximate surface area is 121 Å². The van der Waals surface area contributed by atoms with Crippen LogP contribution in [0.5, 0.6) is 0 Å². The Morgan fingerprint density at radius 2 is 1.57 bits per heavy atom. The molecule has 0 aliphatic heterocycles. The lowest BCUT2D eigenvalue weighted by atomic mass is 10.1. The van der Waals surface area contributed by atoms with Crippen molar-refractivity contribution in [2.75, 3.05) is 5.43 Å². The number of hydrogen-bond donors (Lipinski definition) is 2. The molecule has 2 aromatic carbocycles. The van der Waals surface area contributed by atoms with E-state index in [1.165, 1.54) is 12.4 Å². The lowest BCUT2D eigenvalue weighted by Gasteiger charge is -2.08. The van der Waals surface area contributed by atoms with Crippen molar-refractivity contribution in [1.29, 1.82) is 0 Å². The lowest BCUT2D eigenvalue weighted by molar-refractivity contribution is 0.587. The van der Waals surface area contributed by atoms with Gasteiger partial charge in [-0.3, -0.25) is 5.43 Å². The van der Waals surface area contributed by atoms with E-state index in [4.69, 9.17) is 0 Å². The van der Waals surface area contributed by atoms with Crippen LogP contribution in [0.25, 0.3) is 10.8 Å². The van der Waals surface area contributed by atoms with Gasteiger partial charge in [0.2, 0.25) is 5.95 Å². The van der Waals surface area contributed by atoms with Crippen LogP contribution in [0.3, 0.4) is 0 Å². The normalized spacial score (nSPS) is 11.4. The molecule has 0 unspecified atom stereocenters. The predicted molar refractivity (Wildman–Crippen MR) is 79.9 cm³/mol. The van der Waals surface area contributed by atoms with Crippen molar-refractivity contribution in [2.45, 2.75) is 4.90 Å². The summed E-state index contributed by atoms with van der Waals surface area (Å²) in [7, 11) is -3.69. The Kier molecular flexibility index (Phi) is 3.51. The molecule has 1 heterocycles. The average Bonchev–Trinajstić information content (AvgIpc) is 2.53. The number of anilines is 1. The fourth-order valence-corrected chi connectivity index (χ4v) is 2.74. The van der Waals surface area contributed by atoms with E-state index >= 15 is 0 Å². The smallest absolute Gasteiger partial charge is 0.257 e. The maximum Gasteiger partial charge on any atom is 0.257 e. The molecule has 0 amide bonds. The summed E-state index contributed by atoms with van der Waals surface area (Å²) in [6.07, 6.45) is 3.03. The third kappa shape index (κ3) is 2.99. The quantitative estimate of drug-likeness (QED) is 0.719. The van der Waals surface area contributed by atoms with Gasteiger partial charge in [-0.25, -0.2) is 18.4 Å². The van der Waals surface area contributed by atoms with Gasteiger partial charge in [0.15, 0.2) is 0 Å². The molecule has 2 N–H and O–H groups in total. The van der Waals surface area contributed by atoms with E-state index in [9.17, 15) is 8.42 Å². The van der Waals surface area contributed by atoms with Crippen LogP contribution < -0.4 is 10.3 Å². The minimum atomic E-state index is -3.69. The summed E-state index contributed by atoms with van der Waals surface area (Å²) in [6, 6.07) is 14.1. The first-order valence-electron chi connectivity index (χ1n) is 6.19. The Morgan fingerprint density at radius 1 is 0.857 bits per heavy atom. The van der Waals surface area contributed by atoms with Crippen LogP contribution in [0.4, 0.5) is 5.95 Å². The second kappa shape index (κ2) is 5.47. The topological polar surface area (TPSA) is 84.0 Å². The number of benzene rings is 2. The highest BCUT2D eigenvalue weighted by Crippen LogP contribution is 2.18. The van der Waals surface area contributed by atoms with E-state index in [0.717, 1.165) is 10.8 Å². The van der Waals surface area contributed by atoms with Crippen molar-refractivity contribution >= 4 is 26.7 Å². The molecule has 0 radical (unpaired) electrons. The molecule has 0 spiro atoms. The van der Waals surface area contributed by atoms with Gasteiger partial charge < -0.3 is 0 Å². The minimum absolute atomic E-state index is 0.171. The first-order valence-corrected chi connectivity index (χ1v) is 7.67. The monoisotopic (exact) mass is 300 g/mol. The zero-order chi connectivity index (χ0) is 14.7. The van der Waals surface area contributed by atoms with Crippen LogP contribution >= 0.6 is 0 Å². The molecule has 3 rings (SSSR count). The third-order valence-electron chi connectivity index (χ3n) is 2.89. The van der Waals surface area contributed by atoms with Gasteiger partial charge in [-0.15, -0.1) is 4.83 Å². The molecule has 0 saturated carbocycles. The summed E-state index contributed by atoms with van der Waals surface area (Å²) in [5.41, 5.74) is 2.47. The standard InChI is InChI=1S/C14H12N4O2S/c19-21(20,18-17-14-15-8-3-9-16-14)13-7-6-11-4-1-2-5-12(11)10-13/h1-10,18H,(H,15,16,17). The highest BCUT2D eigenvalue weighted by atomic mass is 32.2. The van der Waals surface area contributed by atoms with Crippen molar-refractivity contribution in [3.05, 3.63) is 60.9 Å². The maximum atomic E-state index is 12.2. The molecular formula is C14H12N4O2S. The van der Waals surface area contributed by atoms with Crippen LogP contribution in [0.1, 0.15) is 0 Å². The molecule has 0 fully saturated rings. The summed E-state index contributed by atoms with van der Waals surface area (Å²) in [5.74, 6) is 0.182. The molecule has 0 bridgehead atoms. The molecule has 0 atom stereocenters. The fourth-order valence-electron chi connectivity index (χ4n) is 1.87. The SMILES string of the molecule is O=S(=O)(NNc1ncccn1)c1ccc2ccccc2c1. The molecule has 106 valence electrons. The summed E-state index contributed by atoms with van der Waals surface area (Å²) >= 11 is 0. The van der Waals surface area contributed by atoms with Crippen molar-refractivity contribution in [2.24, 2.45) is 0 Å². The zero-order valence-corrected chi connectivity index (χ0v) is 11.7. The van der Waals surface area contributed by atoms with E-state index in [1.54, 1.807) is 24.3 Å². The Morgan fingerprint density at radius 3 is 2.33 bits per heavy atom. The molecule has 7 heteroatoms. The van der Waals surface area contributed by atoms with Crippen LogP contribution in [0.15, 0.2) is 65.8 Å². The Hall–Kier alpha value is -2.51. The Balaban J connectivity index is 1.86. The second-order valence-electron chi connectivity index (χ2n) is 4.31. The Bertz CT molecular complexity index is 866. The van der Waals surface area contributed by atoms with E-state index in [2.05, 4.69) is 20.2 Å². The van der Waals surface area contributed by atoms with Crippen molar-refractivity contribution in [1.82, 2.24) is 14.8 Å². The predicted octanol–water partition coefficient (Wildman–Crippen LogP) is 1.94. The summed E-state index contributed by atoms with van der Waals surface area (Å²) in [5, 5.41) is 1.84. The van der Waals surface area contributed by atoms with Gasteiger partial charge in [-0.2, -0.15) is 0 Å². The first kappa shape index (κ1) is 13.5. The highest BCUT2D eigenvalue weighted by molar-refractivity contribution is 7.89. The molecule has 0 saturated heterocycles. The lowest BCUT2D eigenvalue weighted by Crippen LogP contribution is -2.30. The highest BCUT2D eigenvalue weighted by Gasteiger charge is 2.14. The largest absolute Gasteiger partial charge is 0.276 e. The number of aromatic nitrogens is 2. The molecule has 3 aromatic rings. The fraction of sp³-hybridized carbons (Fsp3) is 0. The van der Waals surface area contributed by atoms with Crippen molar-refractivity contribution in [3.8, 4) is 0 Å². The average molecular weight is 300 g/mol. The number of sulfonamides is 1. The van der Waals surface area contributed by atoms with Gasteiger partial charge in [0, 0.05) is 12.4 Å². The molecule has 1 aromatic heterocycles. The summed E-state index contributed by atoms with van der Waals surface area (Å²) in [4.78, 5) is 10.2. The van der Waals surface area contributed by atoms with E-state index in [-0.39, 0.29) is 10.8 Å². The van der Waals surface area contributed by atoms with Gasteiger partial charge in [0.25, 0.3) is 10.0 Å². The molecule has 0 aliphatic carbocycles. The van der Waals surface area contributed by atoms with Gasteiger partial charge in [0.1, 0.15) is 0 Å². The van der Waals surface area contributed by atoms with Gasteiger partial charge in [-0.05, 0) is 29.0 Å². The van der Waals surface area contributed by atoms with Crippen LogP contribution in [0, 0.1) is 0 Å². The van der Waals surface area contributed by atoms with Crippen LogP contribution in [0.2, 0.25) is 0 Å². The number of hydrogen-bond acceptors (Lipinski definition) is 5. The van der Waals surface area contributed by atoms with Crippen molar-refractivity contribution in [3.63, 3.8) is 0 Å². The van der Waals surface area contributed by atoms with Crippen LogP contribution in [-0.4, -0.2) is 18.4 Å². The third-order valence-corrected chi connectivity index (χ3v) is 4.14. The number of hydrazine groups is 1. The van der Waals surface area contributed by atoms with Crippen LogP contribution in [-0.2, 0) is 10.0 Å². The van der Waals surface area contributed by atoms with Gasteiger partial charge >= 0.3 is 0 Å². The number of fused-ring (bicyclic) bond motifs is 1. The summed E-state index contributed by atoms with van der Waals surface area (Å²) < 4.78 is 24.4. The van der Waals surface area contributed by atoms with Gasteiger partial charge in [-0.1, -0.05) is 30.3 Å². The number of rotatable bonds is 4. The van der Waals surface area contributed by atoms with Crippen molar-refractivity contribution < 1.29 is 8.42 Å². The number of nitrogens with one attached hydrogen (secondary N) is 2.